The van der Waals surface area contributed by atoms with Crippen LogP contribution in [0.2, 0.25) is 0 Å². The van der Waals surface area contributed by atoms with Crippen LogP contribution in [-0.2, 0) is 11.3 Å². The number of para-hydroxylation sites is 1. The lowest BCUT2D eigenvalue weighted by molar-refractivity contribution is 0.00694. The van der Waals surface area contributed by atoms with Crippen molar-refractivity contribution < 1.29 is 19.4 Å². The van der Waals surface area contributed by atoms with Crippen LogP contribution in [0.3, 0.4) is 0 Å². The Kier molecular flexibility index (Phi) is 7.76. The van der Waals surface area contributed by atoms with E-state index in [4.69, 9.17) is 4.74 Å². The SMILES string of the molecule is CCCCCCn1c(=O)c(C(=O)Nc2ccc(C(=O)OC(C)(C)C)cc2)c(O)c2ccccc21. The molecule has 180 valence electrons. The lowest BCUT2D eigenvalue weighted by atomic mass is 10.1. The Morgan fingerprint density at radius 2 is 1.68 bits per heavy atom. The van der Waals surface area contributed by atoms with Gasteiger partial charge in [0, 0.05) is 17.6 Å². The largest absolute Gasteiger partial charge is 0.506 e. The molecule has 0 saturated heterocycles. The number of aryl methyl sites for hydroxylation is 1. The zero-order chi connectivity index (χ0) is 24.9. The van der Waals surface area contributed by atoms with Gasteiger partial charge in [-0.2, -0.15) is 0 Å². The molecule has 7 heteroatoms. The van der Waals surface area contributed by atoms with E-state index in [0.29, 0.717) is 28.7 Å². The van der Waals surface area contributed by atoms with Crippen LogP contribution >= 0.6 is 0 Å². The van der Waals surface area contributed by atoms with E-state index < -0.39 is 23.0 Å². The van der Waals surface area contributed by atoms with Gasteiger partial charge < -0.3 is 19.7 Å². The number of carbonyl (C=O) groups is 2. The fraction of sp³-hybridized carbons (Fsp3) is 0.370. The number of hydrogen-bond donors (Lipinski definition) is 2. The molecule has 1 aromatic heterocycles. The van der Waals surface area contributed by atoms with Crippen LogP contribution in [0, 0.1) is 0 Å². The molecule has 34 heavy (non-hydrogen) atoms. The average Bonchev–Trinajstić information content (AvgIpc) is 2.78. The van der Waals surface area contributed by atoms with Crippen molar-refractivity contribution in [3.63, 3.8) is 0 Å². The zero-order valence-electron chi connectivity index (χ0n) is 20.2. The number of fused-ring (bicyclic) bond motifs is 1. The molecule has 0 bridgehead atoms. The van der Waals surface area contributed by atoms with E-state index in [-0.39, 0.29) is 11.3 Å². The van der Waals surface area contributed by atoms with Gasteiger partial charge >= 0.3 is 5.97 Å². The van der Waals surface area contributed by atoms with Gasteiger partial charge in [-0.25, -0.2) is 4.79 Å². The Morgan fingerprint density at radius 3 is 2.32 bits per heavy atom. The summed E-state index contributed by atoms with van der Waals surface area (Å²) in [6, 6.07) is 13.2. The lowest BCUT2D eigenvalue weighted by Gasteiger charge is -2.19. The minimum absolute atomic E-state index is 0.301. The normalized spacial score (nSPS) is 11.4. The number of aromatic nitrogens is 1. The summed E-state index contributed by atoms with van der Waals surface area (Å²) in [7, 11) is 0. The average molecular weight is 465 g/mol. The highest BCUT2D eigenvalue weighted by Crippen LogP contribution is 2.27. The van der Waals surface area contributed by atoms with Crippen molar-refractivity contribution in [2.45, 2.75) is 65.5 Å². The van der Waals surface area contributed by atoms with Gasteiger partial charge in [-0.05, 0) is 63.6 Å². The first-order valence-corrected chi connectivity index (χ1v) is 11.6. The predicted molar refractivity (Wildman–Crippen MR) is 134 cm³/mol. The summed E-state index contributed by atoms with van der Waals surface area (Å²) in [5.41, 5.74) is -0.121. The quantitative estimate of drug-likeness (QED) is 0.339. The highest BCUT2D eigenvalue weighted by Gasteiger charge is 2.23. The van der Waals surface area contributed by atoms with E-state index in [9.17, 15) is 19.5 Å². The van der Waals surface area contributed by atoms with Gasteiger partial charge in [0.2, 0.25) is 0 Å². The molecule has 1 amide bonds. The number of esters is 1. The standard InChI is InChI=1S/C27H32N2O5/c1-5-6-7-10-17-29-21-12-9-8-11-20(21)23(30)22(25(29)32)24(31)28-19-15-13-18(14-16-19)26(33)34-27(2,3)4/h8-9,11-16,30H,5-7,10,17H2,1-4H3,(H,28,31). The minimum Gasteiger partial charge on any atom is -0.506 e. The number of rotatable bonds is 8. The first-order chi connectivity index (χ1) is 16.1. The van der Waals surface area contributed by atoms with Crippen LogP contribution < -0.4 is 10.9 Å². The van der Waals surface area contributed by atoms with E-state index >= 15 is 0 Å². The summed E-state index contributed by atoms with van der Waals surface area (Å²) in [5, 5.41) is 13.9. The maximum Gasteiger partial charge on any atom is 0.338 e. The van der Waals surface area contributed by atoms with E-state index in [1.165, 1.54) is 12.1 Å². The molecular weight excluding hydrogens is 432 g/mol. The number of aromatic hydroxyl groups is 1. The lowest BCUT2D eigenvalue weighted by Crippen LogP contribution is -2.30. The summed E-state index contributed by atoms with van der Waals surface area (Å²) < 4.78 is 6.90. The molecule has 3 rings (SSSR count). The molecule has 0 aliphatic heterocycles. The highest BCUT2D eigenvalue weighted by atomic mass is 16.6. The minimum atomic E-state index is -0.708. The molecule has 0 aliphatic rings. The van der Waals surface area contributed by atoms with Crippen LogP contribution in [0.4, 0.5) is 5.69 Å². The van der Waals surface area contributed by atoms with Gasteiger partial charge in [0.05, 0.1) is 11.1 Å². The molecule has 0 aliphatic carbocycles. The summed E-state index contributed by atoms with van der Waals surface area (Å²) in [4.78, 5) is 38.5. The molecule has 0 spiro atoms. The Morgan fingerprint density at radius 1 is 1.00 bits per heavy atom. The Labute approximate surface area is 199 Å². The van der Waals surface area contributed by atoms with Crippen LogP contribution in [0.1, 0.15) is 74.1 Å². The van der Waals surface area contributed by atoms with Gasteiger partial charge in [-0.3, -0.25) is 9.59 Å². The Balaban J connectivity index is 1.89. The van der Waals surface area contributed by atoms with Crippen molar-refractivity contribution in [2.24, 2.45) is 0 Å². The molecule has 2 aromatic carbocycles. The first kappa shape index (κ1) is 25.0. The van der Waals surface area contributed by atoms with Gasteiger partial charge in [0.25, 0.3) is 11.5 Å². The monoisotopic (exact) mass is 464 g/mol. The molecule has 0 saturated carbocycles. The van der Waals surface area contributed by atoms with Gasteiger partial charge in [-0.15, -0.1) is 0 Å². The second kappa shape index (κ2) is 10.5. The third-order valence-corrected chi connectivity index (χ3v) is 5.39. The third kappa shape index (κ3) is 5.84. The summed E-state index contributed by atoms with van der Waals surface area (Å²) >= 11 is 0. The number of unbranched alkanes of at least 4 members (excludes halogenated alkanes) is 3. The molecule has 1 heterocycles. The number of anilines is 1. The van der Waals surface area contributed by atoms with Gasteiger partial charge in [-0.1, -0.05) is 38.3 Å². The fourth-order valence-electron chi connectivity index (χ4n) is 3.73. The number of benzene rings is 2. The smallest absolute Gasteiger partial charge is 0.338 e. The molecule has 0 radical (unpaired) electrons. The number of carbonyl (C=O) groups excluding carboxylic acids is 2. The molecule has 7 nitrogen and oxygen atoms in total. The van der Waals surface area contributed by atoms with Crippen molar-refractivity contribution in [1.29, 1.82) is 0 Å². The van der Waals surface area contributed by atoms with Crippen molar-refractivity contribution in [2.75, 3.05) is 5.32 Å². The zero-order valence-corrected chi connectivity index (χ0v) is 20.2. The number of ether oxygens (including phenoxy) is 1. The third-order valence-electron chi connectivity index (χ3n) is 5.39. The first-order valence-electron chi connectivity index (χ1n) is 11.6. The number of hydrogen-bond acceptors (Lipinski definition) is 5. The van der Waals surface area contributed by atoms with Crippen LogP contribution in [-0.4, -0.2) is 27.2 Å². The fourth-order valence-corrected chi connectivity index (χ4v) is 3.73. The van der Waals surface area contributed by atoms with Crippen molar-refractivity contribution in [3.8, 4) is 5.75 Å². The molecule has 2 N–H and O–H groups in total. The number of nitrogens with one attached hydrogen (secondary N) is 1. The van der Waals surface area contributed by atoms with Crippen LogP contribution in [0.25, 0.3) is 10.9 Å². The molecular formula is C27H32N2O5. The number of pyridine rings is 1. The van der Waals surface area contributed by atoms with E-state index in [1.54, 1.807) is 61.7 Å². The van der Waals surface area contributed by atoms with Crippen LogP contribution in [0.5, 0.6) is 5.75 Å². The molecule has 0 atom stereocenters. The second-order valence-electron chi connectivity index (χ2n) is 9.29. The van der Waals surface area contributed by atoms with Crippen LogP contribution in [0.15, 0.2) is 53.3 Å². The highest BCUT2D eigenvalue weighted by molar-refractivity contribution is 6.09. The summed E-state index contributed by atoms with van der Waals surface area (Å²) in [6.45, 7) is 7.93. The molecule has 0 fully saturated rings. The molecule has 3 aromatic rings. The maximum absolute atomic E-state index is 13.3. The van der Waals surface area contributed by atoms with Gasteiger partial charge in [0.15, 0.2) is 0 Å². The Hall–Kier alpha value is -3.61. The van der Waals surface area contributed by atoms with E-state index in [1.807, 2.05) is 0 Å². The Bertz CT molecular complexity index is 1240. The number of nitrogens with zero attached hydrogens (tertiary/aromatic N) is 1. The summed E-state index contributed by atoms with van der Waals surface area (Å²) in [6.07, 6.45) is 3.92. The topological polar surface area (TPSA) is 97.6 Å². The summed E-state index contributed by atoms with van der Waals surface area (Å²) in [5.74, 6) is -1.52. The second-order valence-corrected chi connectivity index (χ2v) is 9.29. The van der Waals surface area contributed by atoms with Crippen molar-refractivity contribution in [3.05, 3.63) is 70.0 Å². The van der Waals surface area contributed by atoms with Crippen molar-refractivity contribution >= 4 is 28.5 Å². The number of amides is 1. The van der Waals surface area contributed by atoms with E-state index in [2.05, 4.69) is 12.2 Å². The molecule has 0 unspecified atom stereocenters. The maximum atomic E-state index is 13.3. The predicted octanol–water partition coefficient (Wildman–Crippen LogP) is 5.50. The van der Waals surface area contributed by atoms with Crippen molar-refractivity contribution in [1.82, 2.24) is 4.57 Å². The van der Waals surface area contributed by atoms with E-state index in [0.717, 1.165) is 25.7 Å². The van der Waals surface area contributed by atoms with Gasteiger partial charge in [0.1, 0.15) is 16.9 Å².